The van der Waals surface area contributed by atoms with Gasteiger partial charge in [0.25, 0.3) is 0 Å². The van der Waals surface area contributed by atoms with Crippen LogP contribution in [0.5, 0.6) is 0 Å². The summed E-state index contributed by atoms with van der Waals surface area (Å²) in [7, 11) is 1.99. The molecule has 0 amide bonds. The molecule has 0 fully saturated rings. The van der Waals surface area contributed by atoms with Crippen molar-refractivity contribution in [2.75, 3.05) is 0 Å². The van der Waals surface area contributed by atoms with Gasteiger partial charge in [-0.15, -0.1) is 0 Å². The monoisotopic (exact) mass is 256 g/mol. The number of aromatic nitrogens is 2. The lowest BCUT2D eigenvalue weighted by atomic mass is 10.1. The van der Waals surface area contributed by atoms with Crippen molar-refractivity contribution < 1.29 is 9.90 Å². The summed E-state index contributed by atoms with van der Waals surface area (Å²) < 4.78 is 2.04. The van der Waals surface area contributed by atoms with Crippen molar-refractivity contribution in [3.63, 3.8) is 0 Å². The van der Waals surface area contributed by atoms with Gasteiger partial charge in [0.15, 0.2) is 0 Å². The largest absolute Gasteiger partial charge is 0.478 e. The zero-order valence-corrected chi connectivity index (χ0v) is 11.2. The van der Waals surface area contributed by atoms with Crippen LogP contribution in [0.2, 0.25) is 0 Å². The predicted molar refractivity (Wildman–Crippen MR) is 75.9 cm³/mol. The molecule has 0 aliphatic carbocycles. The highest BCUT2D eigenvalue weighted by Gasteiger charge is 2.05. The molecule has 4 heteroatoms. The van der Waals surface area contributed by atoms with Gasteiger partial charge in [0.2, 0.25) is 0 Å². The summed E-state index contributed by atoms with van der Waals surface area (Å²) in [5, 5.41) is 8.54. The molecule has 1 heterocycles. The minimum absolute atomic E-state index is 0.945. The molecule has 98 valence electrons. The Morgan fingerprint density at radius 1 is 1.42 bits per heavy atom. The number of carboxylic acids is 1. The van der Waals surface area contributed by atoms with Crippen LogP contribution >= 0.6 is 0 Å². The topological polar surface area (TPSA) is 55.1 Å². The summed E-state index contributed by atoms with van der Waals surface area (Å²) >= 11 is 0. The van der Waals surface area contributed by atoms with Crippen molar-refractivity contribution >= 4 is 22.6 Å². The maximum absolute atomic E-state index is 10.4. The van der Waals surface area contributed by atoms with Gasteiger partial charge in [0, 0.05) is 13.1 Å². The van der Waals surface area contributed by atoms with Crippen molar-refractivity contribution in [2.45, 2.75) is 13.8 Å². The molecule has 0 aliphatic rings. The van der Waals surface area contributed by atoms with Crippen molar-refractivity contribution in [3.05, 3.63) is 47.8 Å². The van der Waals surface area contributed by atoms with Crippen molar-refractivity contribution in [2.24, 2.45) is 7.05 Å². The fraction of sp³-hybridized carbons (Fsp3) is 0.200. The number of aryl methyl sites for hydroxylation is 2. The standard InChI is InChI=1S/C15H16N2O2/c1-10(5-4-6-15(18)19)12-7-8-14-13(9-12)16-11(2)17(14)3/h4-9H,1-3H3,(H,18,19)/b6-4+,10-5+. The Morgan fingerprint density at radius 2 is 2.16 bits per heavy atom. The Morgan fingerprint density at radius 3 is 2.84 bits per heavy atom. The minimum atomic E-state index is -0.945. The van der Waals surface area contributed by atoms with E-state index < -0.39 is 5.97 Å². The predicted octanol–water partition coefficient (Wildman–Crippen LogP) is 2.93. The van der Waals surface area contributed by atoms with E-state index in [2.05, 4.69) is 4.98 Å². The average Bonchev–Trinajstić information content (AvgIpc) is 2.64. The Balaban J connectivity index is 2.38. The van der Waals surface area contributed by atoms with Gasteiger partial charge < -0.3 is 9.67 Å². The quantitative estimate of drug-likeness (QED) is 0.678. The van der Waals surface area contributed by atoms with E-state index in [1.54, 1.807) is 6.08 Å². The molecule has 0 radical (unpaired) electrons. The molecule has 0 aliphatic heterocycles. The van der Waals surface area contributed by atoms with Gasteiger partial charge in [0.1, 0.15) is 5.82 Å². The zero-order valence-electron chi connectivity index (χ0n) is 11.2. The van der Waals surface area contributed by atoms with Crippen LogP contribution in [-0.4, -0.2) is 20.6 Å². The number of carboxylic acid groups (broad SMARTS) is 1. The zero-order chi connectivity index (χ0) is 14.0. The number of benzene rings is 1. The maximum atomic E-state index is 10.4. The first-order chi connectivity index (χ1) is 8.99. The number of rotatable bonds is 3. The van der Waals surface area contributed by atoms with Crippen molar-refractivity contribution in [1.29, 1.82) is 0 Å². The maximum Gasteiger partial charge on any atom is 0.328 e. The Bertz CT molecular complexity index is 693. The molecule has 0 spiro atoms. The number of imidazole rings is 1. The van der Waals surface area contributed by atoms with E-state index in [0.29, 0.717) is 0 Å². The first kappa shape index (κ1) is 13.1. The molecular weight excluding hydrogens is 240 g/mol. The Labute approximate surface area is 111 Å². The highest BCUT2D eigenvalue weighted by molar-refractivity contribution is 5.83. The Kier molecular flexibility index (Phi) is 3.51. The lowest BCUT2D eigenvalue weighted by Gasteiger charge is -2.01. The molecule has 2 rings (SSSR count). The fourth-order valence-electron chi connectivity index (χ4n) is 1.94. The number of hydrogen-bond acceptors (Lipinski definition) is 2. The van der Waals surface area contributed by atoms with Gasteiger partial charge in [-0.2, -0.15) is 0 Å². The molecule has 19 heavy (non-hydrogen) atoms. The van der Waals surface area contributed by atoms with E-state index in [0.717, 1.165) is 34.1 Å². The number of allylic oxidation sites excluding steroid dienone is 3. The third-order valence-electron chi connectivity index (χ3n) is 3.14. The third-order valence-corrected chi connectivity index (χ3v) is 3.14. The molecule has 0 atom stereocenters. The van der Waals surface area contributed by atoms with E-state index >= 15 is 0 Å². The van der Waals surface area contributed by atoms with Crippen molar-refractivity contribution in [3.8, 4) is 0 Å². The number of hydrogen-bond donors (Lipinski definition) is 1. The molecule has 2 aromatic rings. The van der Waals surface area contributed by atoms with Crippen LogP contribution < -0.4 is 0 Å². The minimum Gasteiger partial charge on any atom is -0.478 e. The lowest BCUT2D eigenvalue weighted by Crippen LogP contribution is -1.89. The highest BCUT2D eigenvalue weighted by Crippen LogP contribution is 2.21. The third kappa shape index (κ3) is 2.73. The smallest absolute Gasteiger partial charge is 0.328 e. The molecule has 0 saturated carbocycles. The van der Waals surface area contributed by atoms with E-state index in [1.165, 1.54) is 6.08 Å². The normalized spacial score (nSPS) is 12.5. The summed E-state index contributed by atoms with van der Waals surface area (Å²) in [6.07, 6.45) is 4.43. The summed E-state index contributed by atoms with van der Waals surface area (Å²) in [5.74, 6) is 0.0272. The summed E-state index contributed by atoms with van der Waals surface area (Å²) in [6.45, 7) is 3.92. The molecule has 4 nitrogen and oxygen atoms in total. The van der Waals surface area contributed by atoms with Gasteiger partial charge >= 0.3 is 5.97 Å². The molecule has 0 saturated heterocycles. The molecule has 0 unspecified atom stereocenters. The number of nitrogens with zero attached hydrogens (tertiary/aromatic N) is 2. The second-order valence-electron chi connectivity index (χ2n) is 4.47. The molecule has 1 N–H and O–H groups in total. The number of carbonyl (C=O) groups is 1. The van der Waals surface area contributed by atoms with Crippen molar-refractivity contribution in [1.82, 2.24) is 9.55 Å². The van der Waals surface area contributed by atoms with Crippen LogP contribution in [0.25, 0.3) is 16.6 Å². The van der Waals surface area contributed by atoms with E-state index in [-0.39, 0.29) is 0 Å². The average molecular weight is 256 g/mol. The summed E-state index contributed by atoms with van der Waals surface area (Å²) in [4.78, 5) is 14.9. The first-order valence-electron chi connectivity index (χ1n) is 6.00. The van der Waals surface area contributed by atoms with E-state index in [1.807, 2.05) is 43.7 Å². The van der Waals surface area contributed by atoms with Gasteiger partial charge in [-0.25, -0.2) is 9.78 Å². The van der Waals surface area contributed by atoms with Crippen LogP contribution in [-0.2, 0) is 11.8 Å². The molecule has 1 aromatic heterocycles. The van der Waals surface area contributed by atoms with Gasteiger partial charge in [-0.05, 0) is 37.1 Å². The van der Waals surface area contributed by atoms with Crippen LogP contribution in [0, 0.1) is 6.92 Å². The van der Waals surface area contributed by atoms with Gasteiger partial charge in [-0.3, -0.25) is 0 Å². The molecule has 0 bridgehead atoms. The fourth-order valence-corrected chi connectivity index (χ4v) is 1.94. The lowest BCUT2D eigenvalue weighted by molar-refractivity contribution is -0.131. The second-order valence-corrected chi connectivity index (χ2v) is 4.47. The SMILES string of the molecule is C/C(=C\C=C\C(=O)O)c1ccc2c(c1)nc(C)n2C. The van der Waals surface area contributed by atoms with Crippen LogP contribution in [0.1, 0.15) is 18.3 Å². The number of aliphatic carboxylic acids is 1. The summed E-state index contributed by atoms with van der Waals surface area (Å²) in [5.41, 5.74) is 4.09. The summed E-state index contributed by atoms with van der Waals surface area (Å²) in [6, 6.07) is 6.07. The highest BCUT2D eigenvalue weighted by atomic mass is 16.4. The van der Waals surface area contributed by atoms with Crippen LogP contribution in [0.3, 0.4) is 0 Å². The van der Waals surface area contributed by atoms with E-state index in [9.17, 15) is 4.79 Å². The van der Waals surface area contributed by atoms with E-state index in [4.69, 9.17) is 5.11 Å². The molecular formula is C15H16N2O2. The Hall–Kier alpha value is -2.36. The van der Waals surface area contributed by atoms with Gasteiger partial charge in [-0.1, -0.05) is 18.2 Å². The van der Waals surface area contributed by atoms with Crippen LogP contribution in [0.4, 0.5) is 0 Å². The number of fused-ring (bicyclic) bond motifs is 1. The van der Waals surface area contributed by atoms with Crippen LogP contribution in [0.15, 0.2) is 36.4 Å². The molecule has 1 aromatic carbocycles. The first-order valence-corrected chi connectivity index (χ1v) is 6.00. The second kappa shape index (κ2) is 5.10. The van der Waals surface area contributed by atoms with Gasteiger partial charge in [0.05, 0.1) is 11.0 Å².